The monoisotopic (exact) mass is 460 g/mol. The van der Waals surface area contributed by atoms with Gasteiger partial charge in [-0.25, -0.2) is 4.98 Å². The van der Waals surface area contributed by atoms with E-state index >= 15 is 0 Å². The summed E-state index contributed by atoms with van der Waals surface area (Å²) in [5, 5.41) is 10.0. The normalized spacial score (nSPS) is 12.3. The minimum atomic E-state index is -0.0835. The Morgan fingerprint density at radius 3 is 2.56 bits per heavy atom. The van der Waals surface area contributed by atoms with Crippen LogP contribution in [-0.4, -0.2) is 30.6 Å². The first-order valence-corrected chi connectivity index (χ1v) is 11.7. The SMILES string of the molecule is CCCC(Nc1nc(Cl)cc(NC)c1NC(=O)CCCOCc1ccccc1)C(C)(C)C. The molecule has 7 heteroatoms. The van der Waals surface area contributed by atoms with Crippen molar-refractivity contribution >= 4 is 34.7 Å². The fourth-order valence-electron chi connectivity index (χ4n) is 3.42. The minimum absolute atomic E-state index is 0.0250. The van der Waals surface area contributed by atoms with Crippen molar-refractivity contribution in [1.82, 2.24) is 4.98 Å². The molecule has 32 heavy (non-hydrogen) atoms. The van der Waals surface area contributed by atoms with Crippen LogP contribution < -0.4 is 16.0 Å². The molecule has 0 bridgehead atoms. The van der Waals surface area contributed by atoms with Crippen LogP contribution in [0.1, 0.15) is 58.9 Å². The van der Waals surface area contributed by atoms with Crippen LogP contribution >= 0.6 is 11.6 Å². The van der Waals surface area contributed by atoms with Crippen molar-refractivity contribution in [1.29, 1.82) is 0 Å². The summed E-state index contributed by atoms with van der Waals surface area (Å²) in [7, 11) is 1.80. The summed E-state index contributed by atoms with van der Waals surface area (Å²) in [6.45, 7) is 9.81. The lowest BCUT2D eigenvalue weighted by Crippen LogP contribution is -2.34. The number of aromatic nitrogens is 1. The van der Waals surface area contributed by atoms with E-state index in [0.29, 0.717) is 42.7 Å². The summed E-state index contributed by atoms with van der Waals surface area (Å²) in [6, 6.07) is 11.9. The first kappa shape index (κ1) is 25.9. The Bertz CT molecular complexity index is 853. The molecule has 2 rings (SSSR count). The Morgan fingerprint density at radius 1 is 1.22 bits per heavy atom. The third-order valence-electron chi connectivity index (χ3n) is 5.26. The average Bonchev–Trinajstić information content (AvgIpc) is 2.74. The van der Waals surface area contributed by atoms with Crippen molar-refractivity contribution in [3.05, 3.63) is 47.1 Å². The van der Waals surface area contributed by atoms with Gasteiger partial charge in [0.1, 0.15) is 10.8 Å². The maximum atomic E-state index is 12.7. The Kier molecular flexibility index (Phi) is 10.3. The number of nitrogens with one attached hydrogen (secondary N) is 3. The summed E-state index contributed by atoms with van der Waals surface area (Å²) < 4.78 is 5.69. The van der Waals surface area contributed by atoms with Crippen LogP contribution in [0.5, 0.6) is 0 Å². The highest BCUT2D eigenvalue weighted by Gasteiger charge is 2.26. The van der Waals surface area contributed by atoms with E-state index in [9.17, 15) is 4.79 Å². The second-order valence-electron chi connectivity index (χ2n) is 9.01. The molecule has 2 aromatic rings. The van der Waals surface area contributed by atoms with Crippen LogP contribution in [0.4, 0.5) is 17.2 Å². The number of carbonyl (C=O) groups is 1. The van der Waals surface area contributed by atoms with Gasteiger partial charge in [0.2, 0.25) is 5.91 Å². The van der Waals surface area contributed by atoms with Crippen molar-refractivity contribution in [2.24, 2.45) is 5.41 Å². The zero-order chi connectivity index (χ0) is 23.6. The molecule has 1 unspecified atom stereocenters. The average molecular weight is 461 g/mol. The molecule has 6 nitrogen and oxygen atoms in total. The quantitative estimate of drug-likeness (QED) is 0.254. The number of anilines is 3. The summed E-state index contributed by atoms with van der Waals surface area (Å²) in [5.74, 6) is 0.503. The molecule has 0 aliphatic rings. The highest BCUT2D eigenvalue weighted by Crippen LogP contribution is 2.35. The number of amides is 1. The van der Waals surface area contributed by atoms with Crippen LogP contribution in [0, 0.1) is 5.41 Å². The lowest BCUT2D eigenvalue weighted by Gasteiger charge is -2.32. The van der Waals surface area contributed by atoms with Gasteiger partial charge in [-0.2, -0.15) is 0 Å². The molecule has 0 aliphatic carbocycles. The minimum Gasteiger partial charge on any atom is -0.386 e. The molecule has 176 valence electrons. The van der Waals surface area contributed by atoms with Gasteiger partial charge < -0.3 is 20.7 Å². The van der Waals surface area contributed by atoms with Gasteiger partial charge in [-0.15, -0.1) is 0 Å². The van der Waals surface area contributed by atoms with E-state index in [4.69, 9.17) is 16.3 Å². The number of rotatable bonds is 12. The molecular weight excluding hydrogens is 424 g/mol. The summed E-state index contributed by atoms with van der Waals surface area (Å²) in [6.07, 6.45) is 3.02. The molecule has 1 heterocycles. The maximum absolute atomic E-state index is 12.7. The smallest absolute Gasteiger partial charge is 0.224 e. The van der Waals surface area contributed by atoms with Crippen LogP contribution in [0.25, 0.3) is 0 Å². The van der Waals surface area contributed by atoms with E-state index in [2.05, 4.69) is 48.6 Å². The Hall–Kier alpha value is -2.31. The van der Waals surface area contributed by atoms with Gasteiger partial charge in [0, 0.05) is 32.2 Å². The molecule has 1 amide bonds. The molecular formula is C25H37ClN4O2. The fraction of sp³-hybridized carbons (Fsp3) is 0.520. The fourth-order valence-corrected chi connectivity index (χ4v) is 3.61. The number of hydrogen-bond acceptors (Lipinski definition) is 5. The maximum Gasteiger partial charge on any atom is 0.224 e. The predicted octanol–water partition coefficient (Wildman–Crippen LogP) is 6.34. The summed E-state index contributed by atoms with van der Waals surface area (Å²) in [5.41, 5.74) is 2.50. The van der Waals surface area contributed by atoms with Crippen molar-refractivity contribution in [3.8, 4) is 0 Å². The first-order valence-electron chi connectivity index (χ1n) is 11.3. The second kappa shape index (κ2) is 12.7. The highest BCUT2D eigenvalue weighted by molar-refractivity contribution is 6.30. The highest BCUT2D eigenvalue weighted by atomic mass is 35.5. The van der Waals surface area contributed by atoms with E-state index in [1.54, 1.807) is 13.1 Å². The molecule has 0 radical (unpaired) electrons. The first-order chi connectivity index (χ1) is 15.2. The van der Waals surface area contributed by atoms with E-state index < -0.39 is 0 Å². The molecule has 1 aromatic heterocycles. The second-order valence-corrected chi connectivity index (χ2v) is 9.39. The number of benzene rings is 1. The lowest BCUT2D eigenvalue weighted by molar-refractivity contribution is -0.116. The zero-order valence-corrected chi connectivity index (χ0v) is 20.7. The topological polar surface area (TPSA) is 75.3 Å². The molecule has 0 saturated heterocycles. The molecule has 1 atom stereocenters. The molecule has 0 spiro atoms. The van der Waals surface area contributed by atoms with Gasteiger partial charge in [-0.05, 0) is 23.8 Å². The van der Waals surface area contributed by atoms with Crippen LogP contribution in [0.15, 0.2) is 36.4 Å². The molecule has 3 N–H and O–H groups in total. The molecule has 0 fully saturated rings. The van der Waals surface area contributed by atoms with E-state index in [-0.39, 0.29) is 17.4 Å². The van der Waals surface area contributed by atoms with E-state index in [1.807, 2.05) is 30.3 Å². The van der Waals surface area contributed by atoms with Crippen molar-refractivity contribution in [2.45, 2.75) is 66.0 Å². The standard InChI is InChI=1S/C25H37ClN4O2/c1-6-11-20(25(2,3)4)28-24-23(19(27-5)16-21(26)29-24)30-22(31)14-10-15-32-17-18-12-8-7-9-13-18/h7-9,12-13,16,20H,6,10-11,14-15,17H2,1-5H3,(H,30,31)(H2,27,28,29). The number of carbonyl (C=O) groups excluding carboxylic acids is 1. The van der Waals surface area contributed by atoms with Crippen molar-refractivity contribution < 1.29 is 9.53 Å². The van der Waals surface area contributed by atoms with Crippen LogP contribution in [0.2, 0.25) is 5.15 Å². The predicted molar refractivity (Wildman–Crippen MR) is 135 cm³/mol. The number of hydrogen-bond donors (Lipinski definition) is 3. The number of pyridine rings is 1. The van der Waals surface area contributed by atoms with Crippen LogP contribution in [-0.2, 0) is 16.1 Å². The van der Waals surface area contributed by atoms with Gasteiger partial charge >= 0.3 is 0 Å². The lowest BCUT2D eigenvalue weighted by atomic mass is 9.84. The van der Waals surface area contributed by atoms with Crippen molar-refractivity contribution in [2.75, 3.05) is 29.6 Å². The number of ether oxygens (including phenoxy) is 1. The Balaban J connectivity index is 2.01. The third kappa shape index (κ3) is 8.32. The van der Waals surface area contributed by atoms with Gasteiger partial charge in [-0.1, -0.05) is 76.0 Å². The van der Waals surface area contributed by atoms with E-state index in [1.165, 1.54) is 0 Å². The van der Waals surface area contributed by atoms with Gasteiger partial charge in [-0.3, -0.25) is 4.79 Å². The van der Waals surface area contributed by atoms with Crippen LogP contribution in [0.3, 0.4) is 0 Å². The van der Waals surface area contributed by atoms with Gasteiger partial charge in [0.05, 0.1) is 12.3 Å². The molecule has 0 saturated carbocycles. The number of nitrogens with zero attached hydrogens (tertiary/aromatic N) is 1. The largest absolute Gasteiger partial charge is 0.386 e. The van der Waals surface area contributed by atoms with Crippen molar-refractivity contribution in [3.63, 3.8) is 0 Å². The third-order valence-corrected chi connectivity index (χ3v) is 5.45. The molecule has 1 aromatic carbocycles. The van der Waals surface area contributed by atoms with Gasteiger partial charge in [0.25, 0.3) is 0 Å². The number of halogens is 1. The van der Waals surface area contributed by atoms with E-state index in [0.717, 1.165) is 24.1 Å². The zero-order valence-electron chi connectivity index (χ0n) is 19.9. The Morgan fingerprint density at radius 2 is 1.94 bits per heavy atom. The summed E-state index contributed by atoms with van der Waals surface area (Å²) in [4.78, 5) is 17.2. The summed E-state index contributed by atoms with van der Waals surface area (Å²) >= 11 is 6.26. The van der Waals surface area contributed by atoms with Gasteiger partial charge in [0.15, 0.2) is 5.82 Å². The Labute approximate surface area is 197 Å². The molecule has 0 aliphatic heterocycles.